The van der Waals surface area contributed by atoms with Gasteiger partial charge in [-0.3, -0.25) is 4.79 Å². The van der Waals surface area contributed by atoms with Gasteiger partial charge in [-0.2, -0.15) is 0 Å². The molecule has 1 rings (SSSR count). The Morgan fingerprint density at radius 1 is 1.50 bits per heavy atom. The van der Waals surface area contributed by atoms with Crippen LogP contribution in [0.25, 0.3) is 0 Å². The third kappa shape index (κ3) is 3.89. The van der Waals surface area contributed by atoms with Crippen molar-refractivity contribution >= 4 is 27.9 Å². The molecule has 1 unspecified atom stereocenters. The maximum absolute atomic E-state index is 11.2. The number of nitrogens with two attached hydrogens (primary N) is 1. The molecule has 6 heteroatoms. The SMILES string of the molecule is C=CCC(NC(=O)O)c1cc(Br)cc(C(N)=O)c1. The van der Waals surface area contributed by atoms with Gasteiger partial charge in [-0.15, -0.1) is 6.58 Å². The summed E-state index contributed by atoms with van der Waals surface area (Å²) >= 11 is 3.26. The monoisotopic (exact) mass is 312 g/mol. The summed E-state index contributed by atoms with van der Waals surface area (Å²) in [5, 5.41) is 11.1. The van der Waals surface area contributed by atoms with E-state index >= 15 is 0 Å². The number of carbonyl (C=O) groups excluding carboxylic acids is 1. The van der Waals surface area contributed by atoms with Crippen LogP contribution in [-0.2, 0) is 0 Å². The molecule has 96 valence electrons. The largest absolute Gasteiger partial charge is 0.465 e. The molecule has 1 aromatic carbocycles. The van der Waals surface area contributed by atoms with Gasteiger partial charge in [-0.1, -0.05) is 22.0 Å². The van der Waals surface area contributed by atoms with Crippen molar-refractivity contribution in [2.45, 2.75) is 12.5 Å². The maximum atomic E-state index is 11.2. The molecule has 5 nitrogen and oxygen atoms in total. The molecule has 0 fully saturated rings. The van der Waals surface area contributed by atoms with E-state index in [9.17, 15) is 9.59 Å². The number of halogens is 1. The standard InChI is InChI=1S/C12H13BrN2O3/c1-2-3-10(15-12(17)18)7-4-8(11(14)16)6-9(13)5-7/h2,4-6,10,15H,1,3H2,(H2,14,16)(H,17,18). The van der Waals surface area contributed by atoms with Gasteiger partial charge < -0.3 is 16.2 Å². The third-order valence-electron chi connectivity index (χ3n) is 2.31. The molecule has 0 aliphatic rings. The van der Waals surface area contributed by atoms with E-state index in [1.807, 2.05) is 0 Å². The van der Waals surface area contributed by atoms with Crippen LogP contribution < -0.4 is 11.1 Å². The summed E-state index contributed by atoms with van der Waals surface area (Å²) in [7, 11) is 0. The summed E-state index contributed by atoms with van der Waals surface area (Å²) in [6.07, 6.45) is 0.884. The number of carboxylic acid groups (broad SMARTS) is 1. The zero-order valence-electron chi connectivity index (χ0n) is 9.52. The Hall–Kier alpha value is -1.82. The number of rotatable bonds is 5. The van der Waals surface area contributed by atoms with E-state index in [4.69, 9.17) is 10.8 Å². The van der Waals surface area contributed by atoms with Crippen molar-refractivity contribution in [1.82, 2.24) is 5.32 Å². The van der Waals surface area contributed by atoms with Gasteiger partial charge in [0.1, 0.15) is 0 Å². The first-order chi connectivity index (χ1) is 8.43. The number of hydrogen-bond acceptors (Lipinski definition) is 2. The Bertz CT molecular complexity index is 488. The molecule has 1 aromatic rings. The topological polar surface area (TPSA) is 92.4 Å². The Labute approximate surface area is 113 Å². The Balaban J connectivity index is 3.14. The molecule has 0 aromatic heterocycles. The second kappa shape index (κ2) is 6.20. The van der Waals surface area contributed by atoms with Crippen LogP contribution in [-0.4, -0.2) is 17.1 Å². The van der Waals surface area contributed by atoms with E-state index in [1.54, 1.807) is 24.3 Å². The highest BCUT2D eigenvalue weighted by atomic mass is 79.9. The van der Waals surface area contributed by atoms with Crippen LogP contribution in [0.4, 0.5) is 4.79 Å². The molecular formula is C12H13BrN2O3. The van der Waals surface area contributed by atoms with Crippen molar-refractivity contribution in [2.75, 3.05) is 0 Å². The van der Waals surface area contributed by atoms with Crippen LogP contribution in [0.5, 0.6) is 0 Å². The number of benzene rings is 1. The lowest BCUT2D eigenvalue weighted by Crippen LogP contribution is -2.26. The minimum absolute atomic E-state index is 0.320. The molecule has 0 aliphatic carbocycles. The lowest BCUT2D eigenvalue weighted by Gasteiger charge is -2.16. The van der Waals surface area contributed by atoms with Crippen LogP contribution in [0, 0.1) is 0 Å². The third-order valence-corrected chi connectivity index (χ3v) is 2.76. The first kappa shape index (κ1) is 14.2. The van der Waals surface area contributed by atoms with Crippen LogP contribution in [0.15, 0.2) is 35.3 Å². The fourth-order valence-corrected chi connectivity index (χ4v) is 2.06. The highest BCUT2D eigenvalue weighted by molar-refractivity contribution is 9.10. The van der Waals surface area contributed by atoms with Crippen molar-refractivity contribution in [3.05, 3.63) is 46.5 Å². The van der Waals surface area contributed by atoms with Crippen molar-refractivity contribution in [1.29, 1.82) is 0 Å². The maximum Gasteiger partial charge on any atom is 0.405 e. The van der Waals surface area contributed by atoms with Crippen molar-refractivity contribution in [2.24, 2.45) is 5.73 Å². The van der Waals surface area contributed by atoms with Crippen molar-refractivity contribution in [3.63, 3.8) is 0 Å². The number of carbonyl (C=O) groups is 2. The number of hydrogen-bond donors (Lipinski definition) is 3. The Kier molecular flexibility index (Phi) is 4.91. The quantitative estimate of drug-likeness (QED) is 0.729. The van der Waals surface area contributed by atoms with Gasteiger partial charge in [0.25, 0.3) is 0 Å². The molecule has 0 aliphatic heterocycles. The van der Waals surface area contributed by atoms with Gasteiger partial charge in [0, 0.05) is 10.0 Å². The van der Waals surface area contributed by atoms with E-state index in [-0.39, 0.29) is 0 Å². The summed E-state index contributed by atoms with van der Waals surface area (Å²) in [5.74, 6) is -0.565. The Morgan fingerprint density at radius 2 is 2.17 bits per heavy atom. The van der Waals surface area contributed by atoms with Gasteiger partial charge >= 0.3 is 6.09 Å². The molecule has 2 amide bonds. The molecule has 4 N–H and O–H groups in total. The predicted octanol–water partition coefficient (Wildman–Crippen LogP) is 2.43. The minimum Gasteiger partial charge on any atom is -0.465 e. The fraction of sp³-hybridized carbons (Fsp3) is 0.167. The molecule has 0 saturated heterocycles. The van der Waals surface area contributed by atoms with Gasteiger partial charge in [-0.25, -0.2) is 4.79 Å². The highest BCUT2D eigenvalue weighted by Crippen LogP contribution is 2.23. The normalized spacial score (nSPS) is 11.6. The summed E-state index contributed by atoms with van der Waals surface area (Å²) < 4.78 is 0.662. The molecule has 1 atom stereocenters. The number of primary amides is 1. The van der Waals surface area contributed by atoms with Gasteiger partial charge in [-0.05, 0) is 30.2 Å². The molecule has 0 saturated carbocycles. The van der Waals surface area contributed by atoms with E-state index < -0.39 is 18.0 Å². The average Bonchev–Trinajstić information content (AvgIpc) is 2.27. The molecule has 0 heterocycles. The van der Waals surface area contributed by atoms with Crippen LogP contribution >= 0.6 is 15.9 Å². The fourth-order valence-electron chi connectivity index (χ4n) is 1.55. The van der Waals surface area contributed by atoms with Crippen molar-refractivity contribution < 1.29 is 14.7 Å². The van der Waals surface area contributed by atoms with Crippen molar-refractivity contribution in [3.8, 4) is 0 Å². The predicted molar refractivity (Wildman–Crippen MR) is 71.4 cm³/mol. The van der Waals surface area contributed by atoms with Gasteiger partial charge in [0.2, 0.25) is 5.91 Å². The smallest absolute Gasteiger partial charge is 0.405 e. The van der Waals surface area contributed by atoms with Crippen LogP contribution in [0.3, 0.4) is 0 Å². The molecule has 18 heavy (non-hydrogen) atoms. The van der Waals surface area contributed by atoms with E-state index in [1.165, 1.54) is 0 Å². The summed E-state index contributed by atoms with van der Waals surface area (Å²) in [4.78, 5) is 21.9. The lowest BCUT2D eigenvalue weighted by molar-refractivity contribution is 0.1000. The summed E-state index contributed by atoms with van der Waals surface area (Å²) in [6, 6.07) is 4.42. The molecular weight excluding hydrogens is 300 g/mol. The zero-order chi connectivity index (χ0) is 13.7. The van der Waals surface area contributed by atoms with Crippen LogP contribution in [0.2, 0.25) is 0 Å². The molecule has 0 bridgehead atoms. The Morgan fingerprint density at radius 3 is 2.67 bits per heavy atom. The van der Waals surface area contributed by atoms with E-state index in [0.29, 0.717) is 22.0 Å². The zero-order valence-corrected chi connectivity index (χ0v) is 11.1. The van der Waals surface area contributed by atoms with Gasteiger partial charge in [0.15, 0.2) is 0 Å². The van der Waals surface area contributed by atoms with E-state index in [2.05, 4.69) is 27.8 Å². The molecule has 0 radical (unpaired) electrons. The first-order valence-electron chi connectivity index (χ1n) is 5.14. The van der Waals surface area contributed by atoms with Crippen LogP contribution in [0.1, 0.15) is 28.4 Å². The minimum atomic E-state index is -1.14. The first-order valence-corrected chi connectivity index (χ1v) is 5.94. The number of nitrogens with one attached hydrogen (secondary N) is 1. The second-order valence-electron chi connectivity index (χ2n) is 3.66. The number of amides is 2. The second-order valence-corrected chi connectivity index (χ2v) is 4.58. The summed E-state index contributed by atoms with van der Waals surface area (Å²) in [5.41, 5.74) is 6.18. The average molecular weight is 313 g/mol. The lowest BCUT2D eigenvalue weighted by atomic mass is 10.0. The summed E-state index contributed by atoms with van der Waals surface area (Å²) in [6.45, 7) is 3.58. The van der Waals surface area contributed by atoms with E-state index in [0.717, 1.165) is 0 Å². The highest BCUT2D eigenvalue weighted by Gasteiger charge is 2.15. The van der Waals surface area contributed by atoms with Gasteiger partial charge in [0.05, 0.1) is 6.04 Å². The molecule has 0 spiro atoms.